The van der Waals surface area contributed by atoms with Gasteiger partial charge in [0.2, 0.25) is 15.8 Å². The summed E-state index contributed by atoms with van der Waals surface area (Å²) in [7, 11) is -0.537. The number of esters is 1. The molecule has 1 fully saturated rings. The Kier molecular flexibility index (Phi) is 8.46. The first-order chi connectivity index (χ1) is 15.8. The van der Waals surface area contributed by atoms with E-state index in [1.165, 1.54) is 24.6 Å². The summed E-state index contributed by atoms with van der Waals surface area (Å²) in [6.07, 6.45) is 3.26. The van der Waals surface area contributed by atoms with Crippen molar-refractivity contribution >= 4 is 21.8 Å². The quantitative estimate of drug-likeness (QED) is 0.384. The molecule has 3 rings (SSSR count). The lowest BCUT2D eigenvalue weighted by molar-refractivity contribution is -0.142. The Balaban J connectivity index is 1.51. The summed E-state index contributed by atoms with van der Waals surface area (Å²) in [5, 5.41) is 0. The van der Waals surface area contributed by atoms with Gasteiger partial charge in [-0.1, -0.05) is 18.6 Å². The molecule has 1 aliphatic heterocycles. The maximum Gasteiger partial charge on any atom is 0.306 e. The van der Waals surface area contributed by atoms with Gasteiger partial charge in [0, 0.05) is 19.5 Å². The monoisotopic (exact) mass is 475 g/mol. The third-order valence-electron chi connectivity index (χ3n) is 5.57. The van der Waals surface area contributed by atoms with Gasteiger partial charge in [0.15, 0.2) is 6.61 Å². The smallest absolute Gasteiger partial charge is 0.306 e. The summed E-state index contributed by atoms with van der Waals surface area (Å²) in [6.45, 7) is 0.696. The summed E-state index contributed by atoms with van der Waals surface area (Å²) < 4.78 is 42.4. The fourth-order valence-corrected chi connectivity index (χ4v) is 5.17. The highest BCUT2D eigenvalue weighted by molar-refractivity contribution is 7.89. The van der Waals surface area contributed by atoms with E-state index in [9.17, 15) is 18.0 Å². The topological polar surface area (TPSA) is 99.2 Å². The maximum absolute atomic E-state index is 12.7. The molecule has 0 saturated carbocycles. The van der Waals surface area contributed by atoms with Crippen LogP contribution >= 0.6 is 0 Å². The number of methoxy groups -OCH3 is 2. The normalized spacial score (nSPS) is 14.5. The van der Waals surface area contributed by atoms with Crippen molar-refractivity contribution in [1.29, 1.82) is 0 Å². The third-order valence-corrected chi connectivity index (χ3v) is 7.48. The van der Waals surface area contributed by atoms with Gasteiger partial charge in [-0.3, -0.25) is 9.59 Å². The first-order valence-corrected chi connectivity index (χ1v) is 12.3. The molecule has 1 heterocycles. The number of piperidine rings is 1. The van der Waals surface area contributed by atoms with E-state index < -0.39 is 28.4 Å². The van der Waals surface area contributed by atoms with Crippen LogP contribution in [0, 0.1) is 0 Å². The fourth-order valence-electron chi connectivity index (χ4n) is 3.66. The van der Waals surface area contributed by atoms with Gasteiger partial charge in [-0.2, -0.15) is 4.31 Å². The molecular weight excluding hydrogens is 446 g/mol. The number of rotatable bonds is 10. The fraction of sp³-hybridized carbons (Fsp3) is 0.417. The Morgan fingerprint density at radius 1 is 0.939 bits per heavy atom. The number of ether oxygens (including phenoxy) is 3. The molecule has 2 aromatic rings. The zero-order valence-electron chi connectivity index (χ0n) is 18.9. The Morgan fingerprint density at radius 2 is 1.64 bits per heavy atom. The molecule has 0 unspecified atom stereocenters. The van der Waals surface area contributed by atoms with Crippen LogP contribution in [0.25, 0.3) is 0 Å². The zero-order chi connectivity index (χ0) is 23.8. The van der Waals surface area contributed by atoms with Crippen LogP contribution in [-0.2, 0) is 26.0 Å². The van der Waals surface area contributed by atoms with Crippen LogP contribution in [0.3, 0.4) is 0 Å². The highest BCUT2D eigenvalue weighted by atomic mass is 32.2. The van der Waals surface area contributed by atoms with Crippen molar-refractivity contribution in [3.8, 4) is 11.5 Å². The number of aryl methyl sites for hydroxylation is 1. The zero-order valence-corrected chi connectivity index (χ0v) is 19.7. The Morgan fingerprint density at radius 3 is 2.27 bits per heavy atom. The van der Waals surface area contributed by atoms with Crippen molar-refractivity contribution in [2.24, 2.45) is 0 Å². The lowest BCUT2D eigenvalue weighted by atomic mass is 10.1. The minimum absolute atomic E-state index is 0.0702. The lowest BCUT2D eigenvalue weighted by Crippen LogP contribution is -2.35. The lowest BCUT2D eigenvalue weighted by Gasteiger charge is -2.25. The van der Waals surface area contributed by atoms with Gasteiger partial charge in [-0.15, -0.1) is 0 Å². The van der Waals surface area contributed by atoms with Crippen LogP contribution in [0.4, 0.5) is 0 Å². The summed E-state index contributed by atoms with van der Waals surface area (Å²) in [4.78, 5) is 24.8. The van der Waals surface area contributed by atoms with Crippen molar-refractivity contribution in [2.75, 3.05) is 33.9 Å². The van der Waals surface area contributed by atoms with E-state index in [1.807, 2.05) is 0 Å². The number of hydrogen-bond acceptors (Lipinski definition) is 7. The van der Waals surface area contributed by atoms with E-state index in [1.54, 1.807) is 36.4 Å². The molecule has 0 radical (unpaired) electrons. The van der Waals surface area contributed by atoms with E-state index in [2.05, 4.69) is 0 Å². The van der Waals surface area contributed by atoms with Crippen molar-refractivity contribution in [3.63, 3.8) is 0 Å². The predicted octanol–water partition coefficient (Wildman–Crippen LogP) is 3.24. The van der Waals surface area contributed by atoms with Crippen LogP contribution in [0.1, 0.15) is 41.6 Å². The first kappa shape index (κ1) is 24.7. The summed E-state index contributed by atoms with van der Waals surface area (Å²) >= 11 is 0. The van der Waals surface area contributed by atoms with Gasteiger partial charge >= 0.3 is 5.97 Å². The van der Waals surface area contributed by atoms with E-state index in [0.717, 1.165) is 24.8 Å². The van der Waals surface area contributed by atoms with Crippen molar-refractivity contribution in [2.45, 2.75) is 37.0 Å². The largest absolute Gasteiger partial charge is 0.497 e. The van der Waals surface area contributed by atoms with Crippen LogP contribution in [0.2, 0.25) is 0 Å². The maximum atomic E-state index is 12.7. The second-order valence-electron chi connectivity index (χ2n) is 7.76. The molecule has 2 aromatic carbocycles. The number of Topliss-reactive ketones (excluding diaryl/α,β-unsaturated/α-hetero) is 1. The van der Waals surface area contributed by atoms with Crippen molar-refractivity contribution < 1.29 is 32.2 Å². The molecule has 0 aromatic heterocycles. The molecule has 1 saturated heterocycles. The minimum atomic E-state index is -3.48. The number of carbonyl (C=O) groups excluding carboxylic acids is 2. The number of hydrogen-bond donors (Lipinski definition) is 0. The average molecular weight is 476 g/mol. The number of nitrogens with zero attached hydrogens (tertiary/aromatic N) is 1. The molecule has 0 bridgehead atoms. The number of ketones is 1. The Labute approximate surface area is 194 Å². The van der Waals surface area contributed by atoms with E-state index >= 15 is 0 Å². The van der Waals surface area contributed by atoms with Gasteiger partial charge in [-0.05, 0) is 55.2 Å². The number of sulfonamides is 1. The van der Waals surface area contributed by atoms with Crippen LogP contribution in [0.15, 0.2) is 47.4 Å². The Hall–Kier alpha value is -2.91. The molecule has 9 heteroatoms. The van der Waals surface area contributed by atoms with Crippen LogP contribution < -0.4 is 9.47 Å². The van der Waals surface area contributed by atoms with Crippen LogP contribution in [0.5, 0.6) is 11.5 Å². The van der Waals surface area contributed by atoms with Gasteiger partial charge in [-0.25, -0.2) is 8.42 Å². The van der Waals surface area contributed by atoms with Crippen molar-refractivity contribution in [3.05, 3.63) is 53.6 Å². The van der Waals surface area contributed by atoms with Crippen LogP contribution in [-0.4, -0.2) is 58.4 Å². The average Bonchev–Trinajstić information content (AvgIpc) is 2.86. The van der Waals surface area contributed by atoms with E-state index in [-0.39, 0.29) is 16.9 Å². The second kappa shape index (κ2) is 11.3. The molecule has 8 nitrogen and oxygen atoms in total. The molecular formula is C24H29NO7S. The Bertz CT molecular complexity index is 1070. The molecule has 1 aliphatic rings. The molecule has 0 aliphatic carbocycles. The minimum Gasteiger partial charge on any atom is -0.497 e. The van der Waals surface area contributed by atoms with E-state index in [0.29, 0.717) is 31.0 Å². The molecule has 33 heavy (non-hydrogen) atoms. The van der Waals surface area contributed by atoms with Gasteiger partial charge in [0.25, 0.3) is 0 Å². The molecule has 0 spiro atoms. The summed E-state index contributed by atoms with van der Waals surface area (Å²) in [6, 6.07) is 11.4. The third kappa shape index (κ3) is 6.33. The standard InChI is InChI=1S/C24H29NO7S/c1-30-19-9-12-23(31-2)21(16-19)22(26)17-32-24(27)13-8-18-6-10-20(11-7-18)33(28,29)25-14-4-3-5-15-25/h6-7,9-12,16H,3-5,8,13-15,17H2,1-2H3. The highest BCUT2D eigenvalue weighted by Gasteiger charge is 2.25. The second-order valence-corrected chi connectivity index (χ2v) is 9.70. The molecule has 178 valence electrons. The number of benzene rings is 2. The number of carbonyl (C=O) groups is 2. The van der Waals surface area contributed by atoms with Gasteiger partial charge in [0.05, 0.1) is 24.7 Å². The highest BCUT2D eigenvalue weighted by Crippen LogP contribution is 2.25. The molecule has 0 atom stereocenters. The first-order valence-electron chi connectivity index (χ1n) is 10.8. The van der Waals surface area contributed by atoms with Gasteiger partial charge in [0.1, 0.15) is 11.5 Å². The summed E-state index contributed by atoms with van der Waals surface area (Å²) in [5.41, 5.74) is 1.08. The van der Waals surface area contributed by atoms with E-state index in [4.69, 9.17) is 14.2 Å². The predicted molar refractivity (Wildman–Crippen MR) is 122 cm³/mol. The molecule has 0 N–H and O–H groups in total. The van der Waals surface area contributed by atoms with Gasteiger partial charge < -0.3 is 14.2 Å². The molecule has 0 amide bonds. The van der Waals surface area contributed by atoms with Crippen molar-refractivity contribution in [1.82, 2.24) is 4.31 Å². The summed E-state index contributed by atoms with van der Waals surface area (Å²) in [5.74, 6) is -0.0470. The SMILES string of the molecule is COc1ccc(OC)c(C(=O)COC(=O)CCc2ccc(S(=O)(=O)N3CCCCC3)cc2)c1.